The van der Waals surface area contributed by atoms with Crippen molar-refractivity contribution in [3.8, 4) is 5.75 Å². The fourth-order valence-corrected chi connectivity index (χ4v) is 3.21. The minimum Gasteiger partial charge on any atom is -0.491 e. The lowest BCUT2D eigenvalue weighted by atomic mass is 10.0. The van der Waals surface area contributed by atoms with Gasteiger partial charge in [0.2, 0.25) is 0 Å². The molecule has 1 aliphatic heterocycles. The second-order valence-electron chi connectivity index (χ2n) is 7.52. The van der Waals surface area contributed by atoms with Crippen molar-refractivity contribution >= 4 is 28.8 Å². The van der Waals surface area contributed by atoms with Gasteiger partial charge >= 0.3 is 0 Å². The van der Waals surface area contributed by atoms with E-state index < -0.39 is 0 Å². The molecule has 6 heteroatoms. The molecule has 2 aromatic carbocycles. The summed E-state index contributed by atoms with van der Waals surface area (Å²) in [5, 5.41) is 3.15. The van der Waals surface area contributed by atoms with Crippen molar-refractivity contribution in [3.63, 3.8) is 0 Å². The second kappa shape index (κ2) is 8.86. The summed E-state index contributed by atoms with van der Waals surface area (Å²) in [5.41, 5.74) is 3.03. The normalized spacial score (nSPS) is 13.8. The number of nitrogens with zero attached hydrogens (tertiary/aromatic N) is 2. The SMILES string of the molecule is C=CCN1C(=O)C(Nc2ccc(N(C)C)cc2)=C(c2ccc(OC(C)C)cc2)C1=O. The number of amides is 2. The number of ether oxygens (including phenoxy) is 1. The number of carbonyl (C=O) groups excluding carboxylic acids is 2. The molecule has 3 rings (SSSR count). The second-order valence-corrected chi connectivity index (χ2v) is 7.52. The Morgan fingerprint density at radius 2 is 1.67 bits per heavy atom. The highest BCUT2D eigenvalue weighted by Crippen LogP contribution is 2.31. The molecule has 0 saturated carbocycles. The summed E-state index contributed by atoms with van der Waals surface area (Å²) in [5.74, 6) is 0.00165. The zero-order chi connectivity index (χ0) is 21.8. The zero-order valence-corrected chi connectivity index (χ0v) is 17.8. The van der Waals surface area contributed by atoms with Crippen molar-refractivity contribution in [1.82, 2.24) is 4.90 Å². The highest BCUT2D eigenvalue weighted by atomic mass is 16.5. The van der Waals surface area contributed by atoms with Crippen LogP contribution in [-0.4, -0.2) is 43.5 Å². The average molecular weight is 405 g/mol. The first-order chi connectivity index (χ1) is 14.3. The van der Waals surface area contributed by atoms with Crippen molar-refractivity contribution in [2.75, 3.05) is 30.9 Å². The predicted molar refractivity (Wildman–Crippen MR) is 120 cm³/mol. The quantitative estimate of drug-likeness (QED) is 0.533. The number of imide groups is 1. The van der Waals surface area contributed by atoms with Crippen LogP contribution in [0.5, 0.6) is 5.75 Å². The number of carbonyl (C=O) groups is 2. The molecule has 1 heterocycles. The molecule has 0 atom stereocenters. The van der Waals surface area contributed by atoms with E-state index in [0.717, 1.165) is 11.4 Å². The third-order valence-corrected chi connectivity index (χ3v) is 4.65. The molecule has 6 nitrogen and oxygen atoms in total. The van der Waals surface area contributed by atoms with Gasteiger partial charge in [-0.05, 0) is 55.8 Å². The molecule has 0 unspecified atom stereocenters. The lowest BCUT2D eigenvalue weighted by molar-refractivity contribution is -0.136. The summed E-state index contributed by atoms with van der Waals surface area (Å²) >= 11 is 0. The maximum atomic E-state index is 13.0. The standard InChI is InChI=1S/C24H27N3O3/c1-6-15-27-23(28)21(17-7-13-20(14-8-17)30-16(2)3)22(24(27)29)25-18-9-11-19(12-10-18)26(4)5/h6-14,16,25H,1,15H2,2-5H3. The van der Waals surface area contributed by atoms with E-state index in [4.69, 9.17) is 4.74 Å². The number of benzene rings is 2. The number of anilines is 2. The number of nitrogens with one attached hydrogen (secondary N) is 1. The van der Waals surface area contributed by atoms with E-state index in [1.165, 1.54) is 4.90 Å². The first kappa shape index (κ1) is 21.2. The molecule has 156 valence electrons. The Morgan fingerprint density at radius 3 is 2.20 bits per heavy atom. The predicted octanol–water partition coefficient (Wildman–Crippen LogP) is 3.92. The van der Waals surface area contributed by atoms with Crippen LogP contribution in [0.4, 0.5) is 11.4 Å². The van der Waals surface area contributed by atoms with E-state index in [-0.39, 0.29) is 30.2 Å². The lowest BCUT2D eigenvalue weighted by Crippen LogP contribution is -2.32. The van der Waals surface area contributed by atoms with Crippen LogP contribution in [0.15, 0.2) is 66.9 Å². The van der Waals surface area contributed by atoms with E-state index in [0.29, 0.717) is 16.9 Å². The van der Waals surface area contributed by atoms with E-state index in [9.17, 15) is 9.59 Å². The molecule has 0 spiro atoms. The fourth-order valence-electron chi connectivity index (χ4n) is 3.21. The minimum atomic E-state index is -0.367. The fraction of sp³-hybridized carbons (Fsp3) is 0.250. The van der Waals surface area contributed by atoms with Gasteiger partial charge < -0.3 is 15.0 Å². The van der Waals surface area contributed by atoms with Gasteiger partial charge in [-0.25, -0.2) is 0 Å². The van der Waals surface area contributed by atoms with Crippen LogP contribution < -0.4 is 15.0 Å². The molecule has 0 fully saturated rings. The Kier molecular flexibility index (Phi) is 6.26. The van der Waals surface area contributed by atoms with Crippen molar-refractivity contribution in [2.24, 2.45) is 0 Å². The molecular formula is C24H27N3O3. The van der Waals surface area contributed by atoms with Crippen LogP contribution in [0.1, 0.15) is 19.4 Å². The van der Waals surface area contributed by atoms with Crippen LogP contribution in [0, 0.1) is 0 Å². The van der Waals surface area contributed by atoms with Crippen LogP contribution in [0.25, 0.3) is 5.57 Å². The van der Waals surface area contributed by atoms with Crippen molar-refractivity contribution in [2.45, 2.75) is 20.0 Å². The Labute approximate surface area is 177 Å². The van der Waals surface area contributed by atoms with Gasteiger partial charge in [0.05, 0.1) is 11.7 Å². The van der Waals surface area contributed by atoms with E-state index in [1.807, 2.05) is 57.1 Å². The van der Waals surface area contributed by atoms with Gasteiger partial charge in [-0.1, -0.05) is 18.2 Å². The summed E-state index contributed by atoms with van der Waals surface area (Å²) in [6.45, 7) is 7.71. The largest absolute Gasteiger partial charge is 0.491 e. The Bertz CT molecular complexity index is 974. The number of hydrogen-bond acceptors (Lipinski definition) is 5. The van der Waals surface area contributed by atoms with Gasteiger partial charge in [-0.15, -0.1) is 6.58 Å². The van der Waals surface area contributed by atoms with Crippen molar-refractivity contribution in [3.05, 3.63) is 72.4 Å². The van der Waals surface area contributed by atoms with Crippen molar-refractivity contribution in [1.29, 1.82) is 0 Å². The lowest BCUT2D eigenvalue weighted by Gasteiger charge is -2.14. The van der Waals surface area contributed by atoms with Crippen LogP contribution in [0.3, 0.4) is 0 Å². The molecule has 30 heavy (non-hydrogen) atoms. The van der Waals surface area contributed by atoms with Crippen LogP contribution in [-0.2, 0) is 9.59 Å². The van der Waals surface area contributed by atoms with Gasteiger partial charge in [0.1, 0.15) is 11.4 Å². The van der Waals surface area contributed by atoms with Crippen molar-refractivity contribution < 1.29 is 14.3 Å². The average Bonchev–Trinajstić information content (AvgIpc) is 2.93. The summed E-state index contributed by atoms with van der Waals surface area (Å²) in [4.78, 5) is 29.2. The Morgan fingerprint density at radius 1 is 1.03 bits per heavy atom. The Hall–Kier alpha value is -3.54. The Balaban J connectivity index is 1.98. The maximum absolute atomic E-state index is 13.0. The summed E-state index contributed by atoms with van der Waals surface area (Å²) in [6.07, 6.45) is 1.59. The zero-order valence-electron chi connectivity index (χ0n) is 17.8. The van der Waals surface area contributed by atoms with E-state index >= 15 is 0 Å². The summed E-state index contributed by atoms with van der Waals surface area (Å²) < 4.78 is 5.68. The van der Waals surface area contributed by atoms with Crippen LogP contribution >= 0.6 is 0 Å². The maximum Gasteiger partial charge on any atom is 0.278 e. The highest BCUT2D eigenvalue weighted by Gasteiger charge is 2.38. The van der Waals surface area contributed by atoms with Gasteiger partial charge in [-0.3, -0.25) is 14.5 Å². The molecule has 1 aliphatic rings. The smallest absolute Gasteiger partial charge is 0.278 e. The third-order valence-electron chi connectivity index (χ3n) is 4.65. The molecule has 0 radical (unpaired) electrons. The summed E-state index contributed by atoms with van der Waals surface area (Å²) in [7, 11) is 3.92. The molecular weight excluding hydrogens is 378 g/mol. The molecule has 2 amide bonds. The molecule has 0 bridgehead atoms. The summed E-state index contributed by atoms with van der Waals surface area (Å²) in [6, 6.07) is 14.9. The van der Waals surface area contributed by atoms with Crippen LogP contribution in [0.2, 0.25) is 0 Å². The first-order valence-corrected chi connectivity index (χ1v) is 9.84. The van der Waals surface area contributed by atoms with E-state index in [1.54, 1.807) is 30.3 Å². The monoisotopic (exact) mass is 405 g/mol. The number of rotatable bonds is 8. The molecule has 2 aromatic rings. The van der Waals surface area contributed by atoms with Gasteiger partial charge in [0, 0.05) is 32.0 Å². The molecule has 0 aliphatic carbocycles. The molecule has 0 saturated heterocycles. The molecule has 0 aromatic heterocycles. The minimum absolute atomic E-state index is 0.0511. The highest BCUT2D eigenvalue weighted by molar-refractivity contribution is 6.36. The van der Waals surface area contributed by atoms with Gasteiger partial charge in [0.15, 0.2) is 0 Å². The topological polar surface area (TPSA) is 61.9 Å². The number of hydrogen-bond donors (Lipinski definition) is 1. The molecule has 1 N–H and O–H groups in total. The van der Waals surface area contributed by atoms with Gasteiger partial charge in [0.25, 0.3) is 11.8 Å². The first-order valence-electron chi connectivity index (χ1n) is 9.84. The van der Waals surface area contributed by atoms with Gasteiger partial charge in [-0.2, -0.15) is 0 Å². The third kappa shape index (κ3) is 4.38. The van der Waals surface area contributed by atoms with E-state index in [2.05, 4.69) is 11.9 Å².